The lowest BCUT2D eigenvalue weighted by atomic mass is 10.0. The SMILES string of the molecule is Cc1cccc(NC(=O)C(=O)NC[C@H](c2ccc3c(c2)OCO3)N2CCN(C)CC2)c1C. The van der Waals surface area contributed by atoms with Crippen LogP contribution in [0, 0.1) is 13.8 Å². The number of ether oxygens (including phenoxy) is 2. The Bertz CT molecular complexity index is 1000. The standard InChI is InChI=1S/C24H30N4O4/c1-16-5-4-6-19(17(16)2)26-24(30)23(29)25-14-20(28-11-9-27(3)10-12-28)18-7-8-21-22(13-18)32-15-31-21/h4-8,13,20H,9-12,14-15H2,1-3H3,(H,25,29)(H,26,30)/t20-/m1/s1. The van der Waals surface area contributed by atoms with Crippen molar-refractivity contribution in [1.29, 1.82) is 0 Å². The number of benzene rings is 2. The van der Waals surface area contributed by atoms with E-state index in [1.807, 2.05) is 44.2 Å². The van der Waals surface area contributed by atoms with E-state index in [-0.39, 0.29) is 12.8 Å². The molecule has 170 valence electrons. The second kappa shape index (κ2) is 9.58. The first kappa shape index (κ1) is 22.1. The zero-order valence-electron chi connectivity index (χ0n) is 18.8. The van der Waals surface area contributed by atoms with Crippen molar-refractivity contribution < 1.29 is 19.1 Å². The van der Waals surface area contributed by atoms with E-state index in [2.05, 4.69) is 27.5 Å². The van der Waals surface area contributed by atoms with E-state index in [1.165, 1.54) is 0 Å². The van der Waals surface area contributed by atoms with Crippen LogP contribution in [0.1, 0.15) is 22.7 Å². The molecule has 1 saturated heterocycles. The van der Waals surface area contributed by atoms with Gasteiger partial charge in [-0.1, -0.05) is 18.2 Å². The maximum Gasteiger partial charge on any atom is 0.313 e. The van der Waals surface area contributed by atoms with E-state index < -0.39 is 11.8 Å². The minimum Gasteiger partial charge on any atom is -0.454 e. The second-order valence-electron chi connectivity index (χ2n) is 8.38. The largest absolute Gasteiger partial charge is 0.454 e. The summed E-state index contributed by atoms with van der Waals surface area (Å²) in [6.45, 7) is 8.07. The number of amides is 2. The van der Waals surface area contributed by atoms with Crippen LogP contribution >= 0.6 is 0 Å². The molecular weight excluding hydrogens is 408 g/mol. The van der Waals surface area contributed by atoms with E-state index >= 15 is 0 Å². The summed E-state index contributed by atoms with van der Waals surface area (Å²) in [6.07, 6.45) is 0. The molecule has 2 aromatic carbocycles. The molecule has 0 aliphatic carbocycles. The minimum absolute atomic E-state index is 0.0735. The number of piperazine rings is 1. The van der Waals surface area contributed by atoms with Crippen LogP contribution in [0.15, 0.2) is 36.4 Å². The van der Waals surface area contributed by atoms with Gasteiger partial charge in [-0.3, -0.25) is 14.5 Å². The Kier molecular flexibility index (Phi) is 6.62. The number of rotatable bonds is 5. The first-order valence-electron chi connectivity index (χ1n) is 10.9. The molecular formula is C24H30N4O4. The van der Waals surface area contributed by atoms with Crippen molar-refractivity contribution >= 4 is 17.5 Å². The van der Waals surface area contributed by atoms with Gasteiger partial charge in [0.1, 0.15) is 0 Å². The van der Waals surface area contributed by atoms with Crippen molar-refractivity contribution in [1.82, 2.24) is 15.1 Å². The predicted octanol–water partition coefficient (Wildman–Crippen LogP) is 2.08. The van der Waals surface area contributed by atoms with Gasteiger partial charge in [0, 0.05) is 38.4 Å². The van der Waals surface area contributed by atoms with Crippen molar-refractivity contribution in [3.63, 3.8) is 0 Å². The molecule has 32 heavy (non-hydrogen) atoms. The fourth-order valence-electron chi connectivity index (χ4n) is 4.05. The summed E-state index contributed by atoms with van der Waals surface area (Å²) < 4.78 is 11.0. The van der Waals surface area contributed by atoms with Crippen LogP contribution in [-0.4, -0.2) is 68.2 Å². The van der Waals surface area contributed by atoms with Crippen LogP contribution in [0.3, 0.4) is 0 Å². The summed E-state index contributed by atoms with van der Waals surface area (Å²) in [7, 11) is 2.10. The van der Waals surface area contributed by atoms with Gasteiger partial charge in [-0.2, -0.15) is 0 Å². The molecule has 0 radical (unpaired) electrons. The number of carbonyl (C=O) groups is 2. The van der Waals surface area contributed by atoms with Gasteiger partial charge in [-0.15, -0.1) is 0 Å². The van der Waals surface area contributed by atoms with E-state index in [0.717, 1.165) is 48.6 Å². The number of nitrogens with one attached hydrogen (secondary N) is 2. The lowest BCUT2D eigenvalue weighted by Crippen LogP contribution is -2.49. The Labute approximate surface area is 188 Å². The topological polar surface area (TPSA) is 83.1 Å². The first-order chi connectivity index (χ1) is 15.4. The number of nitrogens with zero attached hydrogens (tertiary/aromatic N) is 2. The number of likely N-dealkylation sites (N-methyl/N-ethyl adjacent to an activating group) is 1. The van der Waals surface area contributed by atoms with Crippen molar-refractivity contribution in [2.45, 2.75) is 19.9 Å². The van der Waals surface area contributed by atoms with Crippen LogP contribution in [-0.2, 0) is 9.59 Å². The summed E-state index contributed by atoms with van der Waals surface area (Å²) in [6, 6.07) is 11.4. The molecule has 0 spiro atoms. The Hall–Kier alpha value is -3.10. The molecule has 2 amide bonds. The number of carbonyl (C=O) groups excluding carboxylic acids is 2. The molecule has 8 heteroatoms. The van der Waals surface area contributed by atoms with Crippen molar-refractivity contribution in [2.75, 3.05) is 51.9 Å². The molecule has 4 rings (SSSR count). The maximum absolute atomic E-state index is 12.6. The van der Waals surface area contributed by atoms with Gasteiger partial charge in [0.25, 0.3) is 0 Å². The molecule has 1 atom stereocenters. The van der Waals surface area contributed by atoms with Gasteiger partial charge in [0.15, 0.2) is 11.5 Å². The molecule has 0 bridgehead atoms. The van der Waals surface area contributed by atoms with Gasteiger partial charge in [-0.05, 0) is 55.8 Å². The van der Waals surface area contributed by atoms with Crippen LogP contribution in [0.4, 0.5) is 5.69 Å². The zero-order chi connectivity index (χ0) is 22.7. The van der Waals surface area contributed by atoms with Crippen LogP contribution < -0.4 is 20.1 Å². The van der Waals surface area contributed by atoms with Crippen LogP contribution in [0.25, 0.3) is 0 Å². The number of anilines is 1. The van der Waals surface area contributed by atoms with Gasteiger partial charge in [0.05, 0.1) is 6.04 Å². The quantitative estimate of drug-likeness (QED) is 0.696. The lowest BCUT2D eigenvalue weighted by Gasteiger charge is -2.38. The number of fused-ring (bicyclic) bond motifs is 1. The van der Waals surface area contributed by atoms with Crippen LogP contribution in [0.5, 0.6) is 11.5 Å². The average Bonchev–Trinajstić information content (AvgIpc) is 3.26. The lowest BCUT2D eigenvalue weighted by molar-refractivity contribution is -0.136. The first-order valence-corrected chi connectivity index (χ1v) is 10.9. The highest BCUT2D eigenvalue weighted by molar-refractivity contribution is 6.39. The average molecular weight is 439 g/mol. The smallest absolute Gasteiger partial charge is 0.313 e. The number of hydrogen-bond acceptors (Lipinski definition) is 6. The van der Waals surface area contributed by atoms with Gasteiger partial charge < -0.3 is 25.0 Å². The van der Waals surface area contributed by atoms with E-state index in [4.69, 9.17) is 9.47 Å². The molecule has 0 unspecified atom stereocenters. The maximum atomic E-state index is 12.6. The predicted molar refractivity (Wildman–Crippen MR) is 122 cm³/mol. The van der Waals surface area contributed by atoms with Gasteiger partial charge >= 0.3 is 11.8 Å². The van der Waals surface area contributed by atoms with Gasteiger partial charge in [0.2, 0.25) is 6.79 Å². The Morgan fingerprint density at radius 3 is 2.53 bits per heavy atom. The second-order valence-corrected chi connectivity index (χ2v) is 8.38. The highest BCUT2D eigenvalue weighted by atomic mass is 16.7. The summed E-state index contributed by atoms with van der Waals surface area (Å²) >= 11 is 0. The normalized spacial score (nSPS) is 17.1. The summed E-state index contributed by atoms with van der Waals surface area (Å²) in [4.78, 5) is 29.7. The van der Waals surface area contributed by atoms with E-state index in [9.17, 15) is 9.59 Å². The Balaban J connectivity index is 1.45. The highest BCUT2D eigenvalue weighted by Crippen LogP contribution is 2.35. The van der Waals surface area contributed by atoms with Crippen molar-refractivity contribution in [3.05, 3.63) is 53.1 Å². The summed E-state index contributed by atoms with van der Waals surface area (Å²) in [5, 5.41) is 5.56. The van der Waals surface area contributed by atoms with Crippen molar-refractivity contribution in [3.8, 4) is 11.5 Å². The number of hydrogen-bond donors (Lipinski definition) is 2. The van der Waals surface area contributed by atoms with E-state index in [0.29, 0.717) is 18.0 Å². The molecule has 2 heterocycles. The number of aryl methyl sites for hydroxylation is 1. The fraction of sp³-hybridized carbons (Fsp3) is 0.417. The molecule has 2 aromatic rings. The fourth-order valence-corrected chi connectivity index (χ4v) is 4.05. The molecule has 8 nitrogen and oxygen atoms in total. The molecule has 0 aromatic heterocycles. The molecule has 0 saturated carbocycles. The molecule has 2 N–H and O–H groups in total. The third kappa shape index (κ3) is 4.87. The van der Waals surface area contributed by atoms with E-state index in [1.54, 1.807) is 6.07 Å². The highest BCUT2D eigenvalue weighted by Gasteiger charge is 2.27. The van der Waals surface area contributed by atoms with Crippen molar-refractivity contribution in [2.24, 2.45) is 0 Å². The Morgan fingerprint density at radius 2 is 1.75 bits per heavy atom. The summed E-state index contributed by atoms with van der Waals surface area (Å²) in [5.41, 5.74) is 3.68. The zero-order valence-corrected chi connectivity index (χ0v) is 18.8. The third-order valence-corrected chi connectivity index (χ3v) is 6.28. The molecule has 2 aliphatic rings. The monoisotopic (exact) mass is 438 g/mol. The Morgan fingerprint density at radius 1 is 1.00 bits per heavy atom. The van der Waals surface area contributed by atoms with Gasteiger partial charge in [-0.25, -0.2) is 0 Å². The molecule has 2 aliphatic heterocycles. The minimum atomic E-state index is -0.665. The third-order valence-electron chi connectivity index (χ3n) is 6.28. The summed E-state index contributed by atoms with van der Waals surface area (Å²) in [5.74, 6) is 0.121. The van der Waals surface area contributed by atoms with Crippen LogP contribution in [0.2, 0.25) is 0 Å². The molecule has 1 fully saturated rings.